The number of carbonyl (C=O) groups excluding carboxylic acids is 1. The third-order valence-electron chi connectivity index (χ3n) is 3.46. The van der Waals surface area contributed by atoms with E-state index in [1.54, 1.807) is 6.08 Å². The van der Waals surface area contributed by atoms with Crippen molar-refractivity contribution in [2.75, 3.05) is 0 Å². The summed E-state index contributed by atoms with van der Waals surface area (Å²) < 4.78 is 5.53. The fraction of sp³-hybridized carbons (Fsp3) is 0.632. The molecule has 21 heavy (non-hydrogen) atoms. The Labute approximate surface area is 131 Å². The van der Waals surface area contributed by atoms with Crippen molar-refractivity contribution in [2.24, 2.45) is 0 Å². The molecule has 0 aliphatic heterocycles. The average Bonchev–Trinajstić information content (AvgIpc) is 2.38. The van der Waals surface area contributed by atoms with Gasteiger partial charge >= 0.3 is 5.97 Å². The van der Waals surface area contributed by atoms with Crippen LogP contribution in [0.2, 0.25) is 0 Å². The van der Waals surface area contributed by atoms with Crippen LogP contribution in [0.25, 0.3) is 0 Å². The summed E-state index contributed by atoms with van der Waals surface area (Å²) in [5.41, 5.74) is 2.20. The smallest absolute Gasteiger partial charge is 0.306 e. The van der Waals surface area contributed by atoms with Crippen molar-refractivity contribution < 1.29 is 9.53 Å². The van der Waals surface area contributed by atoms with Crippen molar-refractivity contribution >= 4 is 5.97 Å². The summed E-state index contributed by atoms with van der Waals surface area (Å²) in [6.45, 7) is 14.1. The van der Waals surface area contributed by atoms with Crippen molar-refractivity contribution in [3.63, 3.8) is 0 Å². The van der Waals surface area contributed by atoms with Crippen LogP contribution in [-0.2, 0) is 9.53 Å². The molecule has 1 unspecified atom stereocenters. The number of hydrogen-bond acceptors (Lipinski definition) is 2. The minimum Gasteiger partial charge on any atom is -0.455 e. The highest BCUT2D eigenvalue weighted by Crippen LogP contribution is 2.21. The van der Waals surface area contributed by atoms with Gasteiger partial charge < -0.3 is 4.74 Å². The SMILES string of the molecule is C=CC(C)(CCC=C(C)CCC=C(C)C)OC(=O)CCC. The number of rotatable bonds is 10. The lowest BCUT2D eigenvalue weighted by Crippen LogP contribution is -2.29. The van der Waals surface area contributed by atoms with Gasteiger partial charge in [0.1, 0.15) is 5.60 Å². The summed E-state index contributed by atoms with van der Waals surface area (Å²) in [7, 11) is 0. The number of hydrogen-bond donors (Lipinski definition) is 0. The van der Waals surface area contributed by atoms with Crippen LogP contribution in [0.5, 0.6) is 0 Å². The molecule has 0 radical (unpaired) electrons. The van der Waals surface area contributed by atoms with Crippen LogP contribution >= 0.6 is 0 Å². The Morgan fingerprint density at radius 3 is 2.33 bits per heavy atom. The number of allylic oxidation sites excluding steroid dienone is 4. The summed E-state index contributed by atoms with van der Waals surface area (Å²) in [5.74, 6) is -0.135. The second-order valence-electron chi connectivity index (χ2n) is 6.15. The first kappa shape index (κ1) is 19.7. The monoisotopic (exact) mass is 292 g/mol. The summed E-state index contributed by atoms with van der Waals surface area (Å²) in [6, 6.07) is 0. The predicted molar refractivity (Wildman–Crippen MR) is 91.3 cm³/mol. The topological polar surface area (TPSA) is 26.3 Å². The van der Waals surface area contributed by atoms with Crippen LogP contribution in [-0.4, -0.2) is 11.6 Å². The van der Waals surface area contributed by atoms with Gasteiger partial charge in [-0.25, -0.2) is 0 Å². The third-order valence-corrected chi connectivity index (χ3v) is 3.46. The van der Waals surface area contributed by atoms with Crippen LogP contribution in [0, 0.1) is 0 Å². The maximum Gasteiger partial charge on any atom is 0.306 e. The molecule has 120 valence electrons. The Morgan fingerprint density at radius 2 is 1.81 bits per heavy atom. The Balaban J connectivity index is 4.28. The fourth-order valence-electron chi connectivity index (χ4n) is 2.01. The summed E-state index contributed by atoms with van der Waals surface area (Å²) in [6.07, 6.45) is 11.4. The molecule has 0 N–H and O–H groups in total. The number of carbonyl (C=O) groups is 1. The van der Waals surface area contributed by atoms with Crippen LogP contribution < -0.4 is 0 Å². The highest BCUT2D eigenvalue weighted by molar-refractivity contribution is 5.70. The highest BCUT2D eigenvalue weighted by atomic mass is 16.6. The van der Waals surface area contributed by atoms with E-state index in [1.165, 1.54) is 11.1 Å². The van der Waals surface area contributed by atoms with Crippen LogP contribution in [0.15, 0.2) is 36.0 Å². The van der Waals surface area contributed by atoms with Crippen LogP contribution in [0.3, 0.4) is 0 Å². The van der Waals surface area contributed by atoms with Gasteiger partial charge in [-0.1, -0.05) is 36.8 Å². The quantitative estimate of drug-likeness (QED) is 0.378. The molecule has 1 atom stereocenters. The van der Waals surface area contributed by atoms with E-state index in [9.17, 15) is 4.79 Å². The van der Waals surface area contributed by atoms with Crippen molar-refractivity contribution in [3.8, 4) is 0 Å². The molecule has 0 aromatic heterocycles. The Bertz CT molecular complexity index is 386. The molecular formula is C19H32O2. The Kier molecular flexibility index (Phi) is 9.77. The van der Waals surface area contributed by atoms with E-state index in [2.05, 4.69) is 39.5 Å². The lowest BCUT2D eigenvalue weighted by molar-refractivity contribution is -0.154. The van der Waals surface area contributed by atoms with E-state index in [4.69, 9.17) is 4.74 Å². The average molecular weight is 292 g/mol. The van der Waals surface area contributed by atoms with E-state index in [1.807, 2.05) is 13.8 Å². The molecule has 0 fully saturated rings. The van der Waals surface area contributed by atoms with Gasteiger partial charge in [-0.05, 0) is 65.9 Å². The van der Waals surface area contributed by atoms with E-state index < -0.39 is 5.60 Å². The number of esters is 1. The van der Waals surface area contributed by atoms with Gasteiger partial charge in [-0.3, -0.25) is 4.79 Å². The van der Waals surface area contributed by atoms with Crippen molar-refractivity contribution in [1.82, 2.24) is 0 Å². The van der Waals surface area contributed by atoms with Gasteiger partial charge in [0.15, 0.2) is 0 Å². The standard InChI is InChI=1S/C19H32O2/c1-7-11-18(20)21-19(6,8-2)15-10-14-17(5)13-9-12-16(3)4/h8,12,14H,2,7,9-11,13,15H2,1,3-6H3. The van der Waals surface area contributed by atoms with Gasteiger partial charge in [-0.2, -0.15) is 0 Å². The predicted octanol–water partition coefficient (Wildman–Crippen LogP) is 5.75. The zero-order valence-electron chi connectivity index (χ0n) is 14.5. The minimum absolute atomic E-state index is 0.135. The fourth-order valence-corrected chi connectivity index (χ4v) is 2.01. The molecule has 0 aliphatic carbocycles. The molecular weight excluding hydrogens is 260 g/mol. The van der Waals surface area contributed by atoms with E-state index in [-0.39, 0.29) is 5.97 Å². The van der Waals surface area contributed by atoms with Gasteiger partial charge in [0.25, 0.3) is 0 Å². The van der Waals surface area contributed by atoms with Gasteiger partial charge in [0.2, 0.25) is 0 Å². The highest BCUT2D eigenvalue weighted by Gasteiger charge is 2.23. The molecule has 0 saturated carbocycles. The molecule has 0 aromatic carbocycles. The van der Waals surface area contributed by atoms with Gasteiger partial charge in [0, 0.05) is 6.42 Å². The van der Waals surface area contributed by atoms with Crippen LogP contribution in [0.1, 0.15) is 73.1 Å². The largest absolute Gasteiger partial charge is 0.455 e. The van der Waals surface area contributed by atoms with Crippen molar-refractivity contribution in [2.45, 2.75) is 78.7 Å². The lowest BCUT2D eigenvalue weighted by Gasteiger charge is -2.25. The minimum atomic E-state index is -0.553. The zero-order valence-corrected chi connectivity index (χ0v) is 14.5. The second kappa shape index (κ2) is 10.4. The molecule has 0 aliphatic rings. The van der Waals surface area contributed by atoms with E-state index in [0.29, 0.717) is 6.42 Å². The maximum absolute atomic E-state index is 11.6. The van der Waals surface area contributed by atoms with Crippen molar-refractivity contribution in [1.29, 1.82) is 0 Å². The maximum atomic E-state index is 11.6. The molecule has 0 heterocycles. The third kappa shape index (κ3) is 10.1. The molecule has 2 nitrogen and oxygen atoms in total. The Morgan fingerprint density at radius 1 is 1.14 bits per heavy atom. The first-order valence-electron chi connectivity index (χ1n) is 7.97. The summed E-state index contributed by atoms with van der Waals surface area (Å²) in [4.78, 5) is 11.6. The summed E-state index contributed by atoms with van der Waals surface area (Å²) >= 11 is 0. The number of ether oxygens (including phenoxy) is 1. The van der Waals surface area contributed by atoms with Crippen LogP contribution in [0.4, 0.5) is 0 Å². The first-order valence-corrected chi connectivity index (χ1v) is 7.97. The lowest BCUT2D eigenvalue weighted by atomic mass is 9.98. The molecule has 0 bridgehead atoms. The molecule has 0 saturated heterocycles. The molecule has 0 rings (SSSR count). The normalized spacial score (nSPS) is 14.2. The first-order chi connectivity index (χ1) is 9.83. The zero-order chi connectivity index (χ0) is 16.3. The molecule has 2 heteroatoms. The van der Waals surface area contributed by atoms with Gasteiger partial charge in [0.05, 0.1) is 0 Å². The summed E-state index contributed by atoms with van der Waals surface area (Å²) in [5, 5.41) is 0. The Hall–Kier alpha value is -1.31. The van der Waals surface area contributed by atoms with E-state index in [0.717, 1.165) is 32.1 Å². The van der Waals surface area contributed by atoms with Crippen molar-refractivity contribution in [3.05, 3.63) is 36.0 Å². The molecule has 0 spiro atoms. The molecule has 0 amide bonds. The van der Waals surface area contributed by atoms with Gasteiger partial charge in [-0.15, -0.1) is 0 Å². The van der Waals surface area contributed by atoms with E-state index >= 15 is 0 Å². The molecule has 0 aromatic rings. The second-order valence-corrected chi connectivity index (χ2v) is 6.15.